The summed E-state index contributed by atoms with van der Waals surface area (Å²) >= 11 is 6.24. The van der Waals surface area contributed by atoms with Gasteiger partial charge in [-0.05, 0) is 61.9 Å². The molecule has 1 atom stereocenters. The van der Waals surface area contributed by atoms with Gasteiger partial charge in [0.2, 0.25) is 5.95 Å². The normalized spacial score (nSPS) is 15.0. The standard InChI is InChI=1S/C21H23ClN4/c1-3-18(14-9-10-14)24-20-16-6-4-5-7-19(16)25-21(26-20)23-15-11-8-13(2)17(22)12-15/h4-8,11-12,14,18H,3,9-10H2,1-2H3,(H2,23,24,25,26)/t18-/m1/s1. The lowest BCUT2D eigenvalue weighted by Crippen LogP contribution is -2.22. The number of hydrogen-bond donors (Lipinski definition) is 2. The Bertz CT molecular complexity index is 936. The van der Waals surface area contributed by atoms with Crippen molar-refractivity contribution in [2.45, 2.75) is 39.2 Å². The number of rotatable bonds is 6. The zero-order valence-electron chi connectivity index (χ0n) is 15.1. The highest BCUT2D eigenvalue weighted by atomic mass is 35.5. The van der Waals surface area contributed by atoms with Crippen molar-refractivity contribution in [2.75, 3.05) is 10.6 Å². The maximum absolute atomic E-state index is 6.24. The van der Waals surface area contributed by atoms with E-state index in [9.17, 15) is 0 Å². The lowest BCUT2D eigenvalue weighted by Gasteiger charge is -2.19. The maximum atomic E-state index is 6.24. The van der Waals surface area contributed by atoms with Crippen molar-refractivity contribution in [3.63, 3.8) is 0 Å². The molecule has 0 radical (unpaired) electrons. The second-order valence-electron chi connectivity index (χ2n) is 7.00. The van der Waals surface area contributed by atoms with Gasteiger partial charge in [-0.3, -0.25) is 0 Å². The summed E-state index contributed by atoms with van der Waals surface area (Å²) in [6.45, 7) is 4.22. The molecule has 4 nitrogen and oxygen atoms in total. The molecule has 2 N–H and O–H groups in total. The Morgan fingerprint density at radius 3 is 2.69 bits per heavy atom. The molecule has 0 spiro atoms. The lowest BCUT2D eigenvalue weighted by molar-refractivity contribution is 0.615. The van der Waals surface area contributed by atoms with Crippen LogP contribution >= 0.6 is 11.6 Å². The summed E-state index contributed by atoms with van der Waals surface area (Å²) in [4.78, 5) is 9.44. The van der Waals surface area contributed by atoms with Crippen LogP contribution in [0.3, 0.4) is 0 Å². The zero-order valence-corrected chi connectivity index (χ0v) is 15.8. The number of anilines is 3. The molecular weight excluding hydrogens is 344 g/mol. The fourth-order valence-electron chi connectivity index (χ4n) is 3.27. The van der Waals surface area contributed by atoms with Crippen molar-refractivity contribution in [3.8, 4) is 0 Å². The van der Waals surface area contributed by atoms with Gasteiger partial charge in [0.25, 0.3) is 0 Å². The molecule has 0 unspecified atom stereocenters. The van der Waals surface area contributed by atoms with E-state index < -0.39 is 0 Å². The van der Waals surface area contributed by atoms with Crippen LogP contribution in [-0.2, 0) is 0 Å². The van der Waals surface area contributed by atoms with E-state index in [1.165, 1.54) is 12.8 Å². The highest BCUT2D eigenvalue weighted by Gasteiger charge is 2.30. The molecule has 1 fully saturated rings. The van der Waals surface area contributed by atoms with Gasteiger partial charge in [-0.1, -0.05) is 36.7 Å². The van der Waals surface area contributed by atoms with E-state index in [0.29, 0.717) is 12.0 Å². The quantitative estimate of drug-likeness (QED) is 0.567. The van der Waals surface area contributed by atoms with Crippen LogP contribution in [0.1, 0.15) is 31.7 Å². The van der Waals surface area contributed by atoms with Crippen molar-refractivity contribution in [1.29, 1.82) is 0 Å². The molecule has 1 aliphatic rings. The van der Waals surface area contributed by atoms with E-state index in [4.69, 9.17) is 16.6 Å². The van der Waals surface area contributed by atoms with Crippen LogP contribution < -0.4 is 10.6 Å². The van der Waals surface area contributed by atoms with Gasteiger partial charge in [-0.25, -0.2) is 4.98 Å². The third-order valence-corrected chi connectivity index (χ3v) is 5.39. The molecule has 26 heavy (non-hydrogen) atoms. The molecule has 134 valence electrons. The van der Waals surface area contributed by atoms with Gasteiger partial charge >= 0.3 is 0 Å². The van der Waals surface area contributed by atoms with Crippen LogP contribution in [0.4, 0.5) is 17.5 Å². The average Bonchev–Trinajstić information content (AvgIpc) is 3.48. The predicted octanol–water partition coefficient (Wildman–Crippen LogP) is 5.94. The summed E-state index contributed by atoms with van der Waals surface area (Å²) < 4.78 is 0. The van der Waals surface area contributed by atoms with Gasteiger partial charge in [0, 0.05) is 22.1 Å². The minimum Gasteiger partial charge on any atom is -0.366 e. The first-order chi connectivity index (χ1) is 12.6. The van der Waals surface area contributed by atoms with Crippen LogP contribution in [0.25, 0.3) is 10.9 Å². The van der Waals surface area contributed by atoms with E-state index in [1.807, 2.05) is 43.3 Å². The molecule has 2 aromatic carbocycles. The van der Waals surface area contributed by atoms with Gasteiger partial charge in [0.15, 0.2) is 0 Å². The summed E-state index contributed by atoms with van der Waals surface area (Å²) in [5, 5.41) is 8.74. The number of hydrogen-bond acceptors (Lipinski definition) is 4. The number of aryl methyl sites for hydroxylation is 1. The van der Waals surface area contributed by atoms with E-state index in [1.54, 1.807) is 0 Å². The Morgan fingerprint density at radius 2 is 1.96 bits per heavy atom. The van der Waals surface area contributed by atoms with E-state index in [0.717, 1.165) is 45.3 Å². The Hall–Kier alpha value is -2.33. The highest BCUT2D eigenvalue weighted by Crippen LogP contribution is 2.36. The molecule has 5 heteroatoms. The summed E-state index contributed by atoms with van der Waals surface area (Å²) in [5.74, 6) is 2.24. The second kappa shape index (κ2) is 7.12. The fourth-order valence-corrected chi connectivity index (χ4v) is 3.45. The first-order valence-electron chi connectivity index (χ1n) is 9.20. The number of benzene rings is 2. The number of fused-ring (bicyclic) bond motifs is 1. The third-order valence-electron chi connectivity index (χ3n) is 4.98. The Labute approximate surface area is 159 Å². The van der Waals surface area contributed by atoms with Crippen LogP contribution in [0.15, 0.2) is 42.5 Å². The molecule has 0 amide bonds. The Morgan fingerprint density at radius 1 is 1.15 bits per heavy atom. The van der Waals surface area contributed by atoms with Crippen LogP contribution in [0, 0.1) is 12.8 Å². The largest absolute Gasteiger partial charge is 0.366 e. The lowest BCUT2D eigenvalue weighted by atomic mass is 10.1. The zero-order chi connectivity index (χ0) is 18.1. The molecule has 0 aliphatic heterocycles. The minimum absolute atomic E-state index is 0.468. The molecule has 1 aromatic heterocycles. The SMILES string of the molecule is CC[C@@H](Nc1nc(Nc2ccc(C)c(Cl)c2)nc2ccccc12)C1CC1. The summed E-state index contributed by atoms with van der Waals surface area (Å²) in [6, 6.07) is 14.5. The minimum atomic E-state index is 0.468. The Balaban J connectivity index is 1.69. The number of aromatic nitrogens is 2. The van der Waals surface area contributed by atoms with Crippen molar-refractivity contribution >= 4 is 40.0 Å². The van der Waals surface area contributed by atoms with Crippen LogP contribution in [0.2, 0.25) is 5.02 Å². The van der Waals surface area contributed by atoms with Crippen molar-refractivity contribution in [3.05, 3.63) is 53.1 Å². The number of halogens is 1. The van der Waals surface area contributed by atoms with E-state index in [-0.39, 0.29) is 0 Å². The van der Waals surface area contributed by atoms with Crippen molar-refractivity contribution in [1.82, 2.24) is 9.97 Å². The molecule has 1 saturated carbocycles. The molecule has 0 bridgehead atoms. The molecule has 1 aliphatic carbocycles. The van der Waals surface area contributed by atoms with Gasteiger partial charge in [0.1, 0.15) is 5.82 Å². The second-order valence-corrected chi connectivity index (χ2v) is 7.41. The Kier molecular flexibility index (Phi) is 4.68. The van der Waals surface area contributed by atoms with Gasteiger partial charge < -0.3 is 10.6 Å². The van der Waals surface area contributed by atoms with Gasteiger partial charge in [-0.15, -0.1) is 0 Å². The molecular formula is C21H23ClN4. The average molecular weight is 367 g/mol. The first-order valence-corrected chi connectivity index (χ1v) is 9.58. The van der Waals surface area contributed by atoms with Crippen LogP contribution in [0.5, 0.6) is 0 Å². The fraction of sp³-hybridized carbons (Fsp3) is 0.333. The molecule has 0 saturated heterocycles. The molecule has 1 heterocycles. The number of nitrogens with one attached hydrogen (secondary N) is 2. The maximum Gasteiger partial charge on any atom is 0.229 e. The van der Waals surface area contributed by atoms with Crippen molar-refractivity contribution < 1.29 is 0 Å². The van der Waals surface area contributed by atoms with Gasteiger partial charge in [-0.2, -0.15) is 4.98 Å². The predicted molar refractivity (Wildman–Crippen MR) is 109 cm³/mol. The summed E-state index contributed by atoms with van der Waals surface area (Å²) in [5.41, 5.74) is 2.86. The summed E-state index contributed by atoms with van der Waals surface area (Å²) in [7, 11) is 0. The topological polar surface area (TPSA) is 49.8 Å². The summed E-state index contributed by atoms with van der Waals surface area (Å²) in [6.07, 6.45) is 3.71. The first kappa shape index (κ1) is 17.1. The highest BCUT2D eigenvalue weighted by molar-refractivity contribution is 6.31. The molecule has 3 aromatic rings. The third kappa shape index (κ3) is 3.61. The number of nitrogens with zero attached hydrogens (tertiary/aromatic N) is 2. The van der Waals surface area contributed by atoms with Crippen LogP contribution in [-0.4, -0.2) is 16.0 Å². The van der Waals surface area contributed by atoms with E-state index >= 15 is 0 Å². The van der Waals surface area contributed by atoms with Gasteiger partial charge in [0.05, 0.1) is 5.52 Å². The molecule has 4 rings (SSSR count). The van der Waals surface area contributed by atoms with Crippen molar-refractivity contribution in [2.24, 2.45) is 5.92 Å². The smallest absolute Gasteiger partial charge is 0.229 e. The number of para-hydroxylation sites is 1. The monoisotopic (exact) mass is 366 g/mol. The van der Waals surface area contributed by atoms with E-state index in [2.05, 4.69) is 28.6 Å².